The fourth-order valence-corrected chi connectivity index (χ4v) is 4.37. The Hall–Kier alpha value is -2.71. The molecule has 0 saturated heterocycles. The van der Waals surface area contributed by atoms with Crippen LogP contribution in [0.4, 0.5) is 0 Å². The Morgan fingerprint density at radius 1 is 1.22 bits per heavy atom. The third-order valence-electron chi connectivity index (χ3n) is 4.55. The minimum Gasteiger partial charge on any atom is -0.478 e. The van der Waals surface area contributed by atoms with Crippen LogP contribution in [-0.2, 0) is 16.6 Å². The molecule has 0 unspecified atom stereocenters. The molecule has 1 aromatic heterocycles. The second-order valence-electron chi connectivity index (χ2n) is 6.40. The van der Waals surface area contributed by atoms with Crippen molar-refractivity contribution in [2.24, 2.45) is 0 Å². The van der Waals surface area contributed by atoms with Gasteiger partial charge in [-0.05, 0) is 55.7 Å². The topological polar surface area (TPSA) is 101 Å². The van der Waals surface area contributed by atoms with Gasteiger partial charge in [0.25, 0.3) is 0 Å². The van der Waals surface area contributed by atoms with Gasteiger partial charge < -0.3 is 9.67 Å². The Kier molecular flexibility index (Phi) is 5.29. The van der Waals surface area contributed by atoms with Crippen molar-refractivity contribution >= 4 is 27.0 Å². The van der Waals surface area contributed by atoms with E-state index in [0.29, 0.717) is 24.1 Å². The SMILES string of the molecule is Cc1cc(C(=O)O)cc(S(=O)(=O)NCCCn2cnc3ccccc32)c1C. The lowest BCUT2D eigenvalue weighted by Gasteiger charge is -2.12. The Bertz CT molecular complexity index is 1100. The molecule has 0 atom stereocenters. The molecule has 2 N–H and O–H groups in total. The maximum atomic E-state index is 12.6. The van der Waals surface area contributed by atoms with Crippen molar-refractivity contribution in [2.45, 2.75) is 31.7 Å². The molecule has 0 spiro atoms. The molecule has 0 amide bonds. The van der Waals surface area contributed by atoms with Crippen LogP contribution in [-0.4, -0.2) is 35.6 Å². The first kappa shape index (κ1) is 19.1. The standard InChI is InChI=1S/C19H21N3O4S/c1-13-10-15(19(23)24)11-18(14(13)2)27(25,26)21-8-5-9-22-12-20-16-6-3-4-7-17(16)22/h3-4,6-7,10-12,21H,5,8-9H2,1-2H3,(H,23,24). The summed E-state index contributed by atoms with van der Waals surface area (Å²) < 4.78 is 29.8. The summed E-state index contributed by atoms with van der Waals surface area (Å²) in [6, 6.07) is 10.4. The van der Waals surface area contributed by atoms with Gasteiger partial charge in [-0.1, -0.05) is 12.1 Å². The normalized spacial score (nSPS) is 11.8. The molecule has 0 saturated carbocycles. The number of carboxylic acids is 1. The van der Waals surface area contributed by atoms with Crippen molar-refractivity contribution in [3.63, 3.8) is 0 Å². The highest BCUT2D eigenvalue weighted by Gasteiger charge is 2.20. The third kappa shape index (κ3) is 4.01. The van der Waals surface area contributed by atoms with Crippen molar-refractivity contribution in [3.05, 3.63) is 59.4 Å². The summed E-state index contributed by atoms with van der Waals surface area (Å²) in [4.78, 5) is 15.5. The van der Waals surface area contributed by atoms with Gasteiger partial charge >= 0.3 is 5.97 Å². The van der Waals surface area contributed by atoms with Gasteiger partial charge in [-0.25, -0.2) is 22.9 Å². The molecule has 0 aliphatic heterocycles. The second kappa shape index (κ2) is 7.50. The van der Waals surface area contributed by atoms with E-state index in [9.17, 15) is 18.3 Å². The molecule has 2 aromatic carbocycles. The van der Waals surface area contributed by atoms with E-state index in [1.54, 1.807) is 20.2 Å². The first-order valence-electron chi connectivity index (χ1n) is 8.53. The zero-order chi connectivity index (χ0) is 19.6. The Labute approximate surface area is 157 Å². The predicted molar refractivity (Wildman–Crippen MR) is 102 cm³/mol. The summed E-state index contributed by atoms with van der Waals surface area (Å²) in [5.41, 5.74) is 3.03. The van der Waals surface area contributed by atoms with Gasteiger partial charge in [0.2, 0.25) is 10.0 Å². The molecule has 27 heavy (non-hydrogen) atoms. The van der Waals surface area contributed by atoms with Crippen LogP contribution in [0, 0.1) is 13.8 Å². The monoisotopic (exact) mass is 387 g/mol. The van der Waals surface area contributed by atoms with Crippen LogP contribution in [0.2, 0.25) is 0 Å². The number of fused-ring (bicyclic) bond motifs is 1. The van der Waals surface area contributed by atoms with Crippen LogP contribution in [0.1, 0.15) is 27.9 Å². The number of para-hydroxylation sites is 2. The van der Waals surface area contributed by atoms with E-state index in [-0.39, 0.29) is 17.0 Å². The summed E-state index contributed by atoms with van der Waals surface area (Å²) in [5, 5.41) is 9.17. The lowest BCUT2D eigenvalue weighted by Crippen LogP contribution is -2.26. The number of carbonyl (C=O) groups is 1. The number of aromatic nitrogens is 2. The van der Waals surface area contributed by atoms with Gasteiger partial charge in [0, 0.05) is 13.1 Å². The fourth-order valence-electron chi connectivity index (χ4n) is 2.95. The fraction of sp³-hybridized carbons (Fsp3) is 0.263. The quantitative estimate of drug-likeness (QED) is 0.607. The molecule has 0 aliphatic carbocycles. The molecule has 0 fully saturated rings. The first-order valence-corrected chi connectivity index (χ1v) is 10.0. The van der Waals surface area contributed by atoms with Crippen LogP contribution in [0.5, 0.6) is 0 Å². The summed E-state index contributed by atoms with van der Waals surface area (Å²) in [5.74, 6) is -1.15. The largest absolute Gasteiger partial charge is 0.478 e. The number of nitrogens with zero attached hydrogens (tertiary/aromatic N) is 2. The zero-order valence-corrected chi connectivity index (χ0v) is 16.0. The number of rotatable bonds is 7. The van der Waals surface area contributed by atoms with Crippen molar-refractivity contribution in [3.8, 4) is 0 Å². The third-order valence-corrected chi connectivity index (χ3v) is 6.14. The van der Waals surface area contributed by atoms with Crippen LogP contribution in [0.25, 0.3) is 11.0 Å². The average Bonchev–Trinajstić information content (AvgIpc) is 3.04. The molecule has 8 heteroatoms. The molecule has 142 valence electrons. The lowest BCUT2D eigenvalue weighted by atomic mass is 10.1. The number of hydrogen-bond acceptors (Lipinski definition) is 4. The Morgan fingerprint density at radius 2 is 1.96 bits per heavy atom. The number of aromatic carboxylic acids is 1. The van der Waals surface area contributed by atoms with Crippen LogP contribution in [0.3, 0.4) is 0 Å². The Balaban J connectivity index is 1.69. The van der Waals surface area contributed by atoms with E-state index in [1.165, 1.54) is 12.1 Å². The van der Waals surface area contributed by atoms with Gasteiger partial charge in [0.15, 0.2) is 0 Å². The molecule has 0 radical (unpaired) electrons. The van der Waals surface area contributed by atoms with E-state index >= 15 is 0 Å². The highest BCUT2D eigenvalue weighted by atomic mass is 32.2. The average molecular weight is 387 g/mol. The van der Waals surface area contributed by atoms with E-state index in [0.717, 1.165) is 11.0 Å². The number of nitrogens with one attached hydrogen (secondary N) is 1. The minimum atomic E-state index is -3.79. The minimum absolute atomic E-state index is 0.00739. The molecule has 1 heterocycles. The van der Waals surface area contributed by atoms with Crippen molar-refractivity contribution in [1.82, 2.24) is 14.3 Å². The summed E-state index contributed by atoms with van der Waals surface area (Å²) in [6.07, 6.45) is 2.32. The van der Waals surface area contributed by atoms with Crippen molar-refractivity contribution in [2.75, 3.05) is 6.54 Å². The van der Waals surface area contributed by atoms with E-state index in [2.05, 4.69) is 9.71 Å². The maximum absolute atomic E-state index is 12.6. The van der Waals surface area contributed by atoms with E-state index < -0.39 is 16.0 Å². The highest BCUT2D eigenvalue weighted by molar-refractivity contribution is 7.89. The van der Waals surface area contributed by atoms with Crippen LogP contribution >= 0.6 is 0 Å². The summed E-state index contributed by atoms with van der Waals surface area (Å²) in [6.45, 7) is 4.24. The van der Waals surface area contributed by atoms with Crippen LogP contribution in [0.15, 0.2) is 47.6 Å². The first-order chi connectivity index (χ1) is 12.8. The van der Waals surface area contributed by atoms with Crippen molar-refractivity contribution in [1.29, 1.82) is 0 Å². The van der Waals surface area contributed by atoms with Crippen LogP contribution < -0.4 is 4.72 Å². The predicted octanol–water partition coefficient (Wildman–Crippen LogP) is 2.72. The number of hydrogen-bond donors (Lipinski definition) is 2. The van der Waals surface area contributed by atoms with Gasteiger partial charge in [-0.3, -0.25) is 0 Å². The summed E-state index contributed by atoms with van der Waals surface area (Å²) >= 11 is 0. The second-order valence-corrected chi connectivity index (χ2v) is 8.13. The molecule has 0 bridgehead atoms. The van der Waals surface area contributed by atoms with E-state index in [1.807, 2.05) is 28.8 Å². The van der Waals surface area contributed by atoms with Gasteiger partial charge in [0.05, 0.1) is 27.8 Å². The number of imidazole rings is 1. The zero-order valence-electron chi connectivity index (χ0n) is 15.1. The number of benzene rings is 2. The highest BCUT2D eigenvalue weighted by Crippen LogP contribution is 2.21. The molecular formula is C19H21N3O4S. The molecular weight excluding hydrogens is 366 g/mol. The molecule has 3 aromatic rings. The molecule has 0 aliphatic rings. The number of sulfonamides is 1. The van der Waals surface area contributed by atoms with Gasteiger partial charge in [-0.15, -0.1) is 0 Å². The van der Waals surface area contributed by atoms with Gasteiger partial charge in [-0.2, -0.15) is 0 Å². The maximum Gasteiger partial charge on any atom is 0.335 e. The lowest BCUT2D eigenvalue weighted by molar-refractivity contribution is 0.0696. The van der Waals surface area contributed by atoms with Crippen molar-refractivity contribution < 1.29 is 18.3 Å². The molecule has 7 nitrogen and oxygen atoms in total. The Morgan fingerprint density at radius 3 is 2.70 bits per heavy atom. The molecule has 3 rings (SSSR count). The van der Waals surface area contributed by atoms with E-state index in [4.69, 9.17) is 0 Å². The van der Waals surface area contributed by atoms with Gasteiger partial charge in [0.1, 0.15) is 0 Å². The smallest absolute Gasteiger partial charge is 0.335 e. The number of carboxylic acid groups (broad SMARTS) is 1. The number of aryl methyl sites for hydroxylation is 2. The summed E-state index contributed by atoms with van der Waals surface area (Å²) in [7, 11) is -3.79.